The lowest BCUT2D eigenvalue weighted by Gasteiger charge is -1.96. The Bertz CT molecular complexity index is 574. The van der Waals surface area contributed by atoms with Crippen LogP contribution in [-0.2, 0) is 4.79 Å². The topological polar surface area (TPSA) is 80.9 Å². The molecule has 0 aliphatic rings. The second-order valence-electron chi connectivity index (χ2n) is 3.64. The van der Waals surface area contributed by atoms with Gasteiger partial charge >= 0.3 is 0 Å². The van der Waals surface area contributed by atoms with E-state index in [2.05, 4.69) is 14.7 Å². The normalized spacial score (nSPS) is 10.7. The molecule has 1 heterocycles. The lowest BCUT2D eigenvalue weighted by atomic mass is 10.2. The van der Waals surface area contributed by atoms with Gasteiger partial charge in [-0.05, 0) is 30.7 Å². The van der Waals surface area contributed by atoms with E-state index in [1.807, 2.05) is 12.1 Å². The third-order valence-electron chi connectivity index (χ3n) is 2.12. The molecule has 5 nitrogen and oxygen atoms in total. The van der Waals surface area contributed by atoms with Gasteiger partial charge in [-0.25, -0.2) is 4.98 Å². The number of carbonyl (C=O) groups excluding carboxylic acids is 1. The fourth-order valence-electron chi connectivity index (χ4n) is 1.27. The predicted molar refractivity (Wildman–Crippen MR) is 73.2 cm³/mol. The lowest BCUT2D eigenvalue weighted by Crippen LogP contribution is -2.07. The summed E-state index contributed by atoms with van der Waals surface area (Å²) in [4.78, 5) is 15.6. The van der Waals surface area contributed by atoms with Crippen LogP contribution in [0.15, 0.2) is 30.3 Å². The van der Waals surface area contributed by atoms with Gasteiger partial charge in [-0.2, -0.15) is 4.37 Å². The van der Waals surface area contributed by atoms with Gasteiger partial charge in [0, 0.05) is 23.3 Å². The van der Waals surface area contributed by atoms with Crippen LogP contribution in [-0.4, -0.2) is 15.3 Å². The van der Waals surface area contributed by atoms with Gasteiger partial charge in [0.05, 0.1) is 0 Å². The Labute approximate surface area is 109 Å². The Morgan fingerprint density at radius 3 is 2.72 bits per heavy atom. The van der Waals surface area contributed by atoms with Gasteiger partial charge in [-0.15, -0.1) is 0 Å². The van der Waals surface area contributed by atoms with Gasteiger partial charge in [0.25, 0.3) is 0 Å². The van der Waals surface area contributed by atoms with Gasteiger partial charge < -0.3 is 5.73 Å². The third-order valence-corrected chi connectivity index (χ3v) is 2.84. The monoisotopic (exact) mass is 260 g/mol. The van der Waals surface area contributed by atoms with Crippen LogP contribution in [0.3, 0.4) is 0 Å². The lowest BCUT2D eigenvalue weighted by molar-refractivity contribution is -0.111. The Morgan fingerprint density at radius 2 is 2.11 bits per heavy atom. The van der Waals surface area contributed by atoms with Crippen LogP contribution in [0.4, 0.5) is 10.8 Å². The zero-order valence-corrected chi connectivity index (χ0v) is 10.6. The summed E-state index contributed by atoms with van der Waals surface area (Å²) in [7, 11) is 0. The molecule has 0 aliphatic heterocycles. The van der Waals surface area contributed by atoms with Crippen molar-refractivity contribution in [2.45, 2.75) is 6.92 Å². The number of amides is 1. The predicted octanol–water partition coefficient (Wildman–Crippen LogP) is 2.08. The number of anilines is 2. The highest BCUT2D eigenvalue weighted by Gasteiger charge is 2.02. The molecule has 0 aliphatic carbocycles. The number of carbonyl (C=O) groups is 1. The molecule has 92 valence electrons. The molecule has 0 fully saturated rings. The molecule has 2 aromatic rings. The third kappa shape index (κ3) is 3.39. The second kappa shape index (κ2) is 5.42. The molecule has 1 aromatic carbocycles. The summed E-state index contributed by atoms with van der Waals surface area (Å²) in [6, 6.07) is 7.25. The maximum Gasteiger partial charge on any atom is 0.250 e. The molecule has 3 N–H and O–H groups in total. The van der Waals surface area contributed by atoms with E-state index in [9.17, 15) is 4.79 Å². The number of benzene rings is 1. The van der Waals surface area contributed by atoms with Crippen molar-refractivity contribution >= 4 is 34.3 Å². The number of hydrogen-bond donors (Lipinski definition) is 2. The summed E-state index contributed by atoms with van der Waals surface area (Å²) >= 11 is 1.16. The summed E-state index contributed by atoms with van der Waals surface area (Å²) in [6.45, 7) is 1.77. The number of aromatic nitrogens is 2. The fraction of sp³-hybridized carbons (Fsp3) is 0.0833. The number of hydrogen-bond acceptors (Lipinski definition) is 5. The summed E-state index contributed by atoms with van der Waals surface area (Å²) in [5.41, 5.74) is 7.18. The number of rotatable bonds is 3. The highest BCUT2D eigenvalue weighted by Crippen LogP contribution is 2.10. The first kappa shape index (κ1) is 12.3. The quantitative estimate of drug-likeness (QED) is 0.654. The van der Waals surface area contributed by atoms with Crippen LogP contribution in [0.2, 0.25) is 0 Å². The van der Waals surface area contributed by atoms with Crippen molar-refractivity contribution in [1.29, 1.82) is 0 Å². The Kier molecular flexibility index (Phi) is 3.69. The van der Waals surface area contributed by atoms with E-state index in [0.717, 1.165) is 17.1 Å². The molecule has 0 saturated carbocycles. The largest absolute Gasteiger partial charge is 0.399 e. The zero-order chi connectivity index (χ0) is 13.0. The SMILES string of the molecule is Cc1nsc(NC(=O)/C=C/c2ccc(N)cc2)n1. The minimum Gasteiger partial charge on any atom is -0.399 e. The van der Waals surface area contributed by atoms with Crippen molar-refractivity contribution in [1.82, 2.24) is 9.36 Å². The Hall–Kier alpha value is -2.21. The van der Waals surface area contributed by atoms with E-state index >= 15 is 0 Å². The van der Waals surface area contributed by atoms with Crippen LogP contribution in [0, 0.1) is 6.92 Å². The molecule has 0 saturated heterocycles. The van der Waals surface area contributed by atoms with E-state index in [1.165, 1.54) is 6.08 Å². The van der Waals surface area contributed by atoms with Gasteiger partial charge in [0.15, 0.2) is 0 Å². The average Bonchev–Trinajstić information content (AvgIpc) is 2.74. The zero-order valence-electron chi connectivity index (χ0n) is 9.75. The first-order valence-electron chi connectivity index (χ1n) is 5.28. The molecule has 6 heteroatoms. The summed E-state index contributed by atoms with van der Waals surface area (Å²) < 4.78 is 3.98. The highest BCUT2D eigenvalue weighted by atomic mass is 32.1. The fourth-order valence-corrected chi connectivity index (χ4v) is 1.85. The molecule has 1 amide bonds. The van der Waals surface area contributed by atoms with Crippen LogP contribution in [0.1, 0.15) is 11.4 Å². The summed E-state index contributed by atoms with van der Waals surface area (Å²) in [6.07, 6.45) is 3.16. The molecular formula is C12H12N4OS. The molecule has 1 aromatic heterocycles. The van der Waals surface area contributed by atoms with Gasteiger partial charge in [-0.3, -0.25) is 10.1 Å². The maximum absolute atomic E-state index is 11.6. The van der Waals surface area contributed by atoms with Crippen molar-refractivity contribution in [3.63, 3.8) is 0 Å². The standard InChI is InChI=1S/C12H12N4OS/c1-8-14-12(18-16-8)15-11(17)7-4-9-2-5-10(13)6-3-9/h2-7H,13H2,1H3,(H,14,15,16,17)/b7-4+. The minimum atomic E-state index is -0.233. The van der Waals surface area contributed by atoms with Crippen LogP contribution < -0.4 is 11.1 Å². The number of aryl methyl sites for hydroxylation is 1. The molecule has 18 heavy (non-hydrogen) atoms. The second-order valence-corrected chi connectivity index (χ2v) is 4.39. The highest BCUT2D eigenvalue weighted by molar-refractivity contribution is 7.09. The van der Waals surface area contributed by atoms with E-state index < -0.39 is 0 Å². The summed E-state index contributed by atoms with van der Waals surface area (Å²) in [5, 5.41) is 3.14. The number of nitrogens with two attached hydrogens (primary N) is 1. The molecule has 0 spiro atoms. The number of nitrogens with zero attached hydrogens (tertiary/aromatic N) is 2. The maximum atomic E-state index is 11.6. The Morgan fingerprint density at radius 1 is 1.39 bits per heavy atom. The van der Waals surface area contributed by atoms with Crippen LogP contribution >= 0.6 is 11.5 Å². The van der Waals surface area contributed by atoms with Gasteiger partial charge in [0.1, 0.15) is 5.82 Å². The molecule has 0 unspecified atom stereocenters. The summed E-state index contributed by atoms with van der Waals surface area (Å²) in [5.74, 6) is 0.417. The number of nitrogen functional groups attached to an aromatic ring is 1. The van der Waals surface area contributed by atoms with Gasteiger partial charge in [0.2, 0.25) is 11.0 Å². The molecule has 0 radical (unpaired) electrons. The molecule has 2 rings (SSSR count). The van der Waals surface area contributed by atoms with Crippen LogP contribution in [0.25, 0.3) is 6.08 Å². The van der Waals surface area contributed by atoms with E-state index in [1.54, 1.807) is 25.1 Å². The van der Waals surface area contributed by atoms with Gasteiger partial charge in [-0.1, -0.05) is 12.1 Å². The molecular weight excluding hydrogens is 248 g/mol. The number of nitrogens with one attached hydrogen (secondary N) is 1. The molecule has 0 atom stereocenters. The van der Waals surface area contributed by atoms with E-state index in [4.69, 9.17) is 5.73 Å². The van der Waals surface area contributed by atoms with Crippen molar-refractivity contribution in [2.24, 2.45) is 0 Å². The first-order valence-corrected chi connectivity index (χ1v) is 6.06. The van der Waals surface area contributed by atoms with E-state index in [-0.39, 0.29) is 5.91 Å². The van der Waals surface area contributed by atoms with Crippen molar-refractivity contribution < 1.29 is 4.79 Å². The van der Waals surface area contributed by atoms with Crippen molar-refractivity contribution in [3.8, 4) is 0 Å². The van der Waals surface area contributed by atoms with Crippen LogP contribution in [0.5, 0.6) is 0 Å². The first-order chi connectivity index (χ1) is 8.63. The average molecular weight is 260 g/mol. The minimum absolute atomic E-state index is 0.233. The molecule has 0 bridgehead atoms. The Balaban J connectivity index is 1.96. The smallest absolute Gasteiger partial charge is 0.250 e. The van der Waals surface area contributed by atoms with E-state index in [0.29, 0.717) is 16.6 Å². The van der Waals surface area contributed by atoms with Crippen molar-refractivity contribution in [2.75, 3.05) is 11.1 Å². The van der Waals surface area contributed by atoms with Crippen molar-refractivity contribution in [3.05, 3.63) is 41.7 Å².